The Morgan fingerprint density at radius 3 is 0.821 bits per heavy atom. The Morgan fingerprint density at radius 1 is 0.269 bits per heavy atom. The average Bonchev–Trinajstić information content (AvgIpc) is 3.44. The third-order valence-corrected chi connectivity index (χ3v) is 13.4. The first kappa shape index (κ1) is 73.5. The minimum absolute atomic E-state index is 0.102. The molecule has 0 radical (unpaired) electrons. The van der Waals surface area contributed by atoms with Crippen molar-refractivity contribution in [3.05, 3.63) is 134 Å². The summed E-state index contributed by atoms with van der Waals surface area (Å²) in [5.41, 5.74) is 0. The summed E-state index contributed by atoms with van der Waals surface area (Å²) in [4.78, 5) is 38.0. The van der Waals surface area contributed by atoms with Gasteiger partial charge in [0.25, 0.3) is 0 Å². The van der Waals surface area contributed by atoms with E-state index in [0.29, 0.717) is 19.3 Å². The van der Waals surface area contributed by atoms with Crippen molar-refractivity contribution in [2.24, 2.45) is 0 Å². The molecule has 0 amide bonds. The van der Waals surface area contributed by atoms with Crippen LogP contribution in [0.15, 0.2) is 134 Å². The van der Waals surface area contributed by atoms with Gasteiger partial charge in [0.1, 0.15) is 13.2 Å². The van der Waals surface area contributed by atoms with Gasteiger partial charge in [-0.3, -0.25) is 14.4 Å². The first-order valence-electron chi connectivity index (χ1n) is 32.2. The molecule has 0 spiro atoms. The Labute approximate surface area is 481 Å². The molecule has 6 nitrogen and oxygen atoms in total. The molecule has 0 fully saturated rings. The Balaban J connectivity index is 4.13. The molecule has 442 valence electrons. The lowest BCUT2D eigenvalue weighted by Crippen LogP contribution is -2.30. The standard InChI is InChI=1S/C72H118O6/c1-4-7-10-13-16-18-20-22-24-26-28-30-32-33-34-35-36-37-38-39-41-42-44-46-48-50-52-54-56-59-62-65-71(74)77-68-69(67-76-70(73)64-61-58-15-12-9-6-3)78-72(75)66-63-60-57-55-53-51-49-47-45-43-40-31-29-27-25-23-21-19-17-14-11-8-5-2/h7-8,10-11,16-19,22-25,28-31,43,45,49,51,55,57,69H,4-6,9,12-15,20-21,26-27,32-42,44,46-48,50,52-54,56,58-68H2,1-3H3/b10-7-,11-8-,18-16-,19-17-,24-22-,25-23-,30-28-,31-29-,45-43-,51-49-,57-55-. The molecule has 0 aromatic rings. The lowest BCUT2D eigenvalue weighted by atomic mass is 10.0. The van der Waals surface area contributed by atoms with Crippen LogP contribution in [0.2, 0.25) is 0 Å². The fraction of sp³-hybridized carbons (Fsp3) is 0.653. The molecule has 0 aromatic carbocycles. The van der Waals surface area contributed by atoms with Gasteiger partial charge in [0, 0.05) is 19.3 Å². The smallest absolute Gasteiger partial charge is 0.306 e. The molecular formula is C72H118O6. The predicted molar refractivity (Wildman–Crippen MR) is 339 cm³/mol. The average molecular weight is 1080 g/mol. The molecule has 0 heterocycles. The molecule has 0 rings (SSSR count). The SMILES string of the molecule is CC/C=C\C/C=C\C/C=C\C/C=C\C/C=C\C/C=C\C/C=C\CCCC(=O)OC(COC(=O)CCCCCCCC)COC(=O)CCCCCCCCCCCCCCCCCCCC/C=C\C/C=C\C/C=C\C/C=C\CC. The van der Waals surface area contributed by atoms with E-state index in [2.05, 4.69) is 154 Å². The molecule has 0 aromatic heterocycles. The maximum absolute atomic E-state index is 12.8. The highest BCUT2D eigenvalue weighted by Crippen LogP contribution is 2.16. The molecule has 0 saturated carbocycles. The molecule has 78 heavy (non-hydrogen) atoms. The summed E-state index contributed by atoms with van der Waals surface area (Å²) in [5, 5.41) is 0. The van der Waals surface area contributed by atoms with Crippen molar-refractivity contribution in [2.75, 3.05) is 13.2 Å². The summed E-state index contributed by atoms with van der Waals surface area (Å²) in [6.07, 6.45) is 92.3. The Hall–Kier alpha value is -4.45. The molecule has 1 unspecified atom stereocenters. The van der Waals surface area contributed by atoms with Crippen molar-refractivity contribution in [1.82, 2.24) is 0 Å². The third kappa shape index (κ3) is 62.4. The van der Waals surface area contributed by atoms with Crippen LogP contribution >= 0.6 is 0 Å². The van der Waals surface area contributed by atoms with Gasteiger partial charge in [-0.25, -0.2) is 0 Å². The van der Waals surface area contributed by atoms with Crippen LogP contribution in [-0.4, -0.2) is 37.2 Å². The van der Waals surface area contributed by atoms with E-state index in [1.165, 1.54) is 122 Å². The largest absolute Gasteiger partial charge is 0.462 e. The van der Waals surface area contributed by atoms with Crippen molar-refractivity contribution in [3.63, 3.8) is 0 Å². The van der Waals surface area contributed by atoms with E-state index in [4.69, 9.17) is 14.2 Å². The highest BCUT2D eigenvalue weighted by Gasteiger charge is 2.19. The summed E-state index contributed by atoms with van der Waals surface area (Å²) in [6.45, 7) is 6.31. The topological polar surface area (TPSA) is 78.9 Å². The lowest BCUT2D eigenvalue weighted by molar-refractivity contribution is -0.167. The predicted octanol–water partition coefficient (Wildman–Crippen LogP) is 22.2. The Morgan fingerprint density at radius 2 is 0.513 bits per heavy atom. The van der Waals surface area contributed by atoms with Crippen molar-refractivity contribution >= 4 is 17.9 Å². The number of esters is 3. The van der Waals surface area contributed by atoms with E-state index >= 15 is 0 Å². The minimum atomic E-state index is -0.808. The number of carbonyl (C=O) groups is 3. The molecule has 0 aliphatic rings. The molecule has 0 aliphatic heterocycles. The first-order chi connectivity index (χ1) is 38.5. The van der Waals surface area contributed by atoms with Gasteiger partial charge in [-0.1, -0.05) is 289 Å². The maximum atomic E-state index is 12.8. The lowest BCUT2D eigenvalue weighted by Gasteiger charge is -2.18. The second-order valence-electron chi connectivity index (χ2n) is 20.9. The van der Waals surface area contributed by atoms with Gasteiger partial charge in [-0.05, 0) is 109 Å². The van der Waals surface area contributed by atoms with Crippen molar-refractivity contribution in [2.45, 2.75) is 290 Å². The van der Waals surface area contributed by atoms with Gasteiger partial charge in [-0.2, -0.15) is 0 Å². The minimum Gasteiger partial charge on any atom is -0.462 e. The molecule has 6 heteroatoms. The zero-order valence-electron chi connectivity index (χ0n) is 50.6. The summed E-state index contributed by atoms with van der Waals surface area (Å²) in [5.74, 6) is -0.969. The van der Waals surface area contributed by atoms with Crippen LogP contribution in [0.5, 0.6) is 0 Å². The Kier molecular flexibility index (Phi) is 61.4. The van der Waals surface area contributed by atoms with Gasteiger partial charge in [0.2, 0.25) is 0 Å². The first-order valence-corrected chi connectivity index (χ1v) is 32.2. The molecular weight excluding hydrogens is 961 g/mol. The van der Waals surface area contributed by atoms with E-state index in [9.17, 15) is 14.4 Å². The highest BCUT2D eigenvalue weighted by atomic mass is 16.6. The monoisotopic (exact) mass is 1080 g/mol. The van der Waals surface area contributed by atoms with Crippen LogP contribution in [0.3, 0.4) is 0 Å². The molecule has 1 atom stereocenters. The molecule has 0 N–H and O–H groups in total. The number of unbranched alkanes of at least 4 members (excludes halogenated alkanes) is 24. The fourth-order valence-corrected chi connectivity index (χ4v) is 8.66. The summed E-state index contributed by atoms with van der Waals surface area (Å²) >= 11 is 0. The number of rotatable bonds is 57. The van der Waals surface area contributed by atoms with E-state index in [1.807, 2.05) is 0 Å². The molecule has 0 aliphatic carbocycles. The van der Waals surface area contributed by atoms with E-state index in [0.717, 1.165) is 116 Å². The van der Waals surface area contributed by atoms with E-state index in [1.54, 1.807) is 0 Å². The van der Waals surface area contributed by atoms with Crippen LogP contribution in [0, 0.1) is 0 Å². The van der Waals surface area contributed by atoms with Crippen LogP contribution in [-0.2, 0) is 28.6 Å². The quantitative estimate of drug-likeness (QED) is 0.0261. The van der Waals surface area contributed by atoms with E-state index in [-0.39, 0.29) is 37.5 Å². The van der Waals surface area contributed by atoms with Crippen molar-refractivity contribution in [1.29, 1.82) is 0 Å². The highest BCUT2D eigenvalue weighted by molar-refractivity contribution is 5.71. The summed E-state index contributed by atoms with van der Waals surface area (Å²) in [7, 11) is 0. The number of hydrogen-bond acceptors (Lipinski definition) is 6. The van der Waals surface area contributed by atoms with Gasteiger partial charge in [0.05, 0.1) is 0 Å². The van der Waals surface area contributed by atoms with Crippen LogP contribution in [0.4, 0.5) is 0 Å². The number of hydrogen-bond donors (Lipinski definition) is 0. The van der Waals surface area contributed by atoms with Gasteiger partial charge < -0.3 is 14.2 Å². The van der Waals surface area contributed by atoms with E-state index < -0.39 is 6.10 Å². The van der Waals surface area contributed by atoms with Crippen LogP contribution in [0.1, 0.15) is 284 Å². The van der Waals surface area contributed by atoms with Crippen LogP contribution in [0.25, 0.3) is 0 Å². The zero-order chi connectivity index (χ0) is 56.4. The summed E-state index contributed by atoms with van der Waals surface area (Å²) < 4.78 is 16.7. The van der Waals surface area contributed by atoms with Crippen molar-refractivity contribution < 1.29 is 28.6 Å². The molecule has 0 saturated heterocycles. The van der Waals surface area contributed by atoms with Gasteiger partial charge in [-0.15, -0.1) is 0 Å². The van der Waals surface area contributed by atoms with Gasteiger partial charge in [0.15, 0.2) is 6.10 Å². The fourth-order valence-electron chi connectivity index (χ4n) is 8.66. The summed E-state index contributed by atoms with van der Waals surface area (Å²) in [6, 6.07) is 0. The second kappa shape index (κ2) is 65.1. The van der Waals surface area contributed by atoms with Gasteiger partial charge >= 0.3 is 17.9 Å². The Bertz CT molecular complexity index is 1670. The molecule has 0 bridgehead atoms. The number of carbonyl (C=O) groups excluding carboxylic acids is 3. The second-order valence-corrected chi connectivity index (χ2v) is 20.9. The third-order valence-electron chi connectivity index (χ3n) is 13.4. The number of allylic oxidation sites excluding steroid dienone is 22. The maximum Gasteiger partial charge on any atom is 0.306 e. The number of ether oxygens (including phenoxy) is 3. The van der Waals surface area contributed by atoms with Crippen LogP contribution < -0.4 is 0 Å². The van der Waals surface area contributed by atoms with Crippen molar-refractivity contribution in [3.8, 4) is 0 Å². The zero-order valence-corrected chi connectivity index (χ0v) is 50.6. The normalized spacial score (nSPS) is 13.0.